The van der Waals surface area contributed by atoms with E-state index in [2.05, 4.69) is 45.6 Å². The number of nitrogens with two attached hydrogens (primary N) is 1. The fourth-order valence-corrected chi connectivity index (χ4v) is 1.82. The molecule has 0 spiro atoms. The van der Waals surface area contributed by atoms with E-state index in [0.717, 1.165) is 11.8 Å². The van der Waals surface area contributed by atoms with E-state index in [4.69, 9.17) is 5.73 Å². The van der Waals surface area contributed by atoms with Crippen molar-refractivity contribution in [1.82, 2.24) is 20.6 Å². The van der Waals surface area contributed by atoms with E-state index in [1.807, 2.05) is 27.7 Å². The fourth-order valence-electron chi connectivity index (χ4n) is 1.82. The van der Waals surface area contributed by atoms with Crippen molar-refractivity contribution in [1.29, 1.82) is 0 Å². The van der Waals surface area contributed by atoms with Gasteiger partial charge in [-0.25, -0.2) is 4.98 Å². The number of carbonyl (C=O) groups excluding carboxylic acids is 2. The number of nitrogens with one attached hydrogen (secondary N) is 3. The number of rotatable bonds is 8. The molecular weight excluding hydrogens is 430 g/mol. The summed E-state index contributed by atoms with van der Waals surface area (Å²) in [4.78, 5) is 40.4. The minimum absolute atomic E-state index is 0.0532. The third-order valence-electron chi connectivity index (χ3n) is 3.62. The number of allylic oxidation sites excluding steroid dienone is 2. The number of hydrogen-bond acceptors (Lipinski definition) is 5. The van der Waals surface area contributed by atoms with Gasteiger partial charge in [0, 0.05) is 36.6 Å². The Morgan fingerprint density at radius 3 is 2.15 bits per heavy atom. The number of carbonyl (C=O) groups is 2. The van der Waals surface area contributed by atoms with Crippen LogP contribution in [0, 0.1) is 25.7 Å². The molecule has 0 aromatic carbocycles. The van der Waals surface area contributed by atoms with Crippen molar-refractivity contribution in [2.24, 2.45) is 5.73 Å². The molecule has 0 aliphatic carbocycles. The quantitative estimate of drug-likeness (QED) is 0.263. The number of hydrogen-bond donors (Lipinski definition) is 4. The Hall–Kier alpha value is -3.86. The zero-order valence-corrected chi connectivity index (χ0v) is 21.7. The van der Waals surface area contributed by atoms with Crippen LogP contribution in [0.5, 0.6) is 0 Å². The Labute approximate surface area is 204 Å². The van der Waals surface area contributed by atoms with Crippen molar-refractivity contribution < 1.29 is 9.59 Å². The smallest absolute Gasteiger partial charge is 0.253 e. The molecule has 188 valence electrons. The van der Waals surface area contributed by atoms with Gasteiger partial charge >= 0.3 is 0 Å². The van der Waals surface area contributed by atoms with Gasteiger partial charge in [-0.2, -0.15) is 0 Å². The highest BCUT2D eigenvalue weighted by Crippen LogP contribution is 2.01. The number of aromatic nitrogens is 2. The molecule has 34 heavy (non-hydrogen) atoms. The van der Waals surface area contributed by atoms with Gasteiger partial charge in [0.15, 0.2) is 0 Å². The van der Waals surface area contributed by atoms with Gasteiger partial charge in [-0.15, -0.1) is 11.8 Å². The highest BCUT2D eigenvalue weighted by atomic mass is 16.2. The van der Waals surface area contributed by atoms with Crippen molar-refractivity contribution in [3.8, 4) is 11.8 Å². The molecule has 0 aliphatic rings. The average molecular weight is 472 g/mol. The number of aromatic amines is 1. The van der Waals surface area contributed by atoms with Gasteiger partial charge in [-0.3, -0.25) is 14.4 Å². The Balaban J connectivity index is -0.000000524. The number of amides is 2. The van der Waals surface area contributed by atoms with Gasteiger partial charge in [-0.05, 0) is 40.2 Å². The van der Waals surface area contributed by atoms with E-state index in [-0.39, 0.29) is 29.4 Å². The van der Waals surface area contributed by atoms with E-state index in [9.17, 15) is 14.4 Å². The molecule has 1 rings (SSSR count). The predicted molar refractivity (Wildman–Crippen MR) is 142 cm³/mol. The standard InChI is InChI=1S/C14H21N3O2.C6H8N2O.C4H6.C2H6/c1-4-7-11(5-2)10-17-13(18)8-12(9-15)14(19)16-6-3;1-4-3-7-5(2)8-6(4)9;1-3-4-2;1-2/h4-5,7,9H,1-2,6,8,10,15H2,3H3,(H,16,19)(H,17,18);3H,1-2H3,(H,7,8,9);1-2H3;1-2H3/b11-7+,12-9-;;;. The van der Waals surface area contributed by atoms with Gasteiger partial charge in [0.05, 0.1) is 6.42 Å². The van der Waals surface area contributed by atoms with Crippen LogP contribution in [-0.2, 0) is 9.59 Å². The summed E-state index contributed by atoms with van der Waals surface area (Å²) >= 11 is 0. The molecule has 1 heterocycles. The maximum absolute atomic E-state index is 11.7. The van der Waals surface area contributed by atoms with Gasteiger partial charge in [0.25, 0.3) is 5.56 Å². The summed E-state index contributed by atoms with van der Waals surface area (Å²) in [6, 6.07) is 0. The summed E-state index contributed by atoms with van der Waals surface area (Å²) in [5, 5.41) is 5.27. The van der Waals surface area contributed by atoms with Gasteiger partial charge in [0.1, 0.15) is 5.82 Å². The molecular formula is C26H41N5O3. The molecule has 0 fully saturated rings. The van der Waals surface area contributed by atoms with E-state index in [0.29, 0.717) is 24.5 Å². The molecule has 0 radical (unpaired) electrons. The van der Waals surface area contributed by atoms with Crippen LogP contribution in [0.1, 0.15) is 52.4 Å². The zero-order chi connectivity index (χ0) is 26.9. The molecule has 0 aliphatic heterocycles. The number of H-pyrrole nitrogens is 1. The Bertz CT molecular complexity index is 926. The first-order chi connectivity index (χ1) is 16.2. The molecule has 1 aromatic rings. The van der Waals surface area contributed by atoms with Crippen LogP contribution in [0.3, 0.4) is 0 Å². The highest BCUT2D eigenvalue weighted by molar-refractivity contribution is 5.98. The SMILES string of the molecule is C=C/C=C(\C=C)CNC(=O)C/C(=C/N)C(=O)NCC.CC.CC#CC.Cc1ncc(C)c(=O)[nH]1. The van der Waals surface area contributed by atoms with Crippen molar-refractivity contribution in [3.63, 3.8) is 0 Å². The lowest BCUT2D eigenvalue weighted by atomic mass is 10.1. The predicted octanol–water partition coefficient (Wildman–Crippen LogP) is 3.21. The lowest BCUT2D eigenvalue weighted by Gasteiger charge is -2.08. The average Bonchev–Trinajstić information content (AvgIpc) is 2.84. The first kappa shape index (κ1) is 34.7. The molecule has 8 nitrogen and oxygen atoms in total. The molecule has 8 heteroatoms. The minimum Gasteiger partial charge on any atom is -0.404 e. The van der Waals surface area contributed by atoms with Crippen molar-refractivity contribution in [2.45, 2.75) is 54.9 Å². The van der Waals surface area contributed by atoms with Gasteiger partial charge < -0.3 is 21.4 Å². The molecule has 0 saturated carbocycles. The van der Waals surface area contributed by atoms with Gasteiger partial charge in [0.2, 0.25) is 11.8 Å². The topological polar surface area (TPSA) is 130 Å². The lowest BCUT2D eigenvalue weighted by molar-refractivity contribution is -0.123. The first-order valence-electron chi connectivity index (χ1n) is 11.0. The van der Waals surface area contributed by atoms with Crippen molar-refractivity contribution in [3.05, 3.63) is 76.7 Å². The molecule has 0 atom stereocenters. The second-order valence-electron chi connectivity index (χ2n) is 6.17. The Morgan fingerprint density at radius 2 is 1.76 bits per heavy atom. The van der Waals surface area contributed by atoms with Crippen LogP contribution in [0.25, 0.3) is 0 Å². The zero-order valence-electron chi connectivity index (χ0n) is 21.7. The third kappa shape index (κ3) is 18.9. The van der Waals surface area contributed by atoms with Crippen LogP contribution in [0.2, 0.25) is 0 Å². The highest BCUT2D eigenvalue weighted by Gasteiger charge is 2.12. The lowest BCUT2D eigenvalue weighted by Crippen LogP contribution is -2.30. The van der Waals surface area contributed by atoms with Crippen LogP contribution in [0.15, 0.2) is 59.7 Å². The molecule has 0 unspecified atom stereocenters. The van der Waals surface area contributed by atoms with E-state index < -0.39 is 0 Å². The Morgan fingerprint density at radius 1 is 1.18 bits per heavy atom. The van der Waals surface area contributed by atoms with Gasteiger partial charge in [-0.1, -0.05) is 45.2 Å². The second-order valence-corrected chi connectivity index (χ2v) is 6.17. The van der Waals surface area contributed by atoms with Crippen LogP contribution < -0.4 is 21.9 Å². The first-order valence-corrected chi connectivity index (χ1v) is 11.0. The summed E-state index contributed by atoms with van der Waals surface area (Å²) in [6.07, 6.45) is 7.65. The summed E-state index contributed by atoms with van der Waals surface area (Å²) < 4.78 is 0. The summed E-state index contributed by atoms with van der Waals surface area (Å²) in [7, 11) is 0. The summed E-state index contributed by atoms with van der Waals surface area (Å²) in [6.45, 7) is 20.9. The van der Waals surface area contributed by atoms with E-state index in [1.54, 1.807) is 45.2 Å². The number of nitrogens with zero attached hydrogens (tertiary/aromatic N) is 1. The molecule has 1 aromatic heterocycles. The van der Waals surface area contributed by atoms with Crippen molar-refractivity contribution in [2.75, 3.05) is 13.1 Å². The van der Waals surface area contributed by atoms with E-state index in [1.165, 1.54) is 0 Å². The van der Waals surface area contributed by atoms with Crippen molar-refractivity contribution >= 4 is 11.8 Å². The minimum atomic E-state index is -0.328. The maximum Gasteiger partial charge on any atom is 0.253 e. The third-order valence-corrected chi connectivity index (χ3v) is 3.62. The van der Waals surface area contributed by atoms with Crippen LogP contribution in [-0.4, -0.2) is 34.9 Å². The normalized spacial score (nSPS) is 9.62. The summed E-state index contributed by atoms with van der Waals surface area (Å²) in [5.74, 6) is 5.41. The number of likely N-dealkylation sites (N-methyl/N-ethyl adjacent to an activating group) is 1. The van der Waals surface area contributed by atoms with Crippen LogP contribution in [0.4, 0.5) is 0 Å². The number of aryl methyl sites for hydroxylation is 2. The summed E-state index contributed by atoms with van der Waals surface area (Å²) in [5.41, 5.74) is 7.01. The Kier molecular flexibility index (Phi) is 24.3. The van der Waals surface area contributed by atoms with E-state index >= 15 is 0 Å². The fraction of sp³-hybridized carbons (Fsp3) is 0.385. The molecule has 5 N–H and O–H groups in total. The second kappa shape index (κ2) is 23.8. The maximum atomic E-state index is 11.7. The molecule has 0 bridgehead atoms. The monoisotopic (exact) mass is 471 g/mol. The molecule has 0 saturated heterocycles. The molecule has 2 amide bonds. The largest absolute Gasteiger partial charge is 0.404 e. The van der Waals surface area contributed by atoms with Crippen LogP contribution >= 0.6 is 0 Å².